The molecule has 0 radical (unpaired) electrons. The van der Waals surface area contributed by atoms with Crippen molar-refractivity contribution in [1.29, 1.82) is 0 Å². The molecule has 0 aromatic heterocycles. The molecule has 0 saturated carbocycles. The molecule has 0 bridgehead atoms. The van der Waals surface area contributed by atoms with E-state index in [0.29, 0.717) is 23.8 Å². The monoisotopic (exact) mass is 432 g/mol. The zero-order valence-electron chi connectivity index (χ0n) is 11.9. The van der Waals surface area contributed by atoms with E-state index < -0.39 is 10.0 Å². The molecule has 1 aromatic carbocycles. The molecule has 2 N–H and O–H groups in total. The van der Waals surface area contributed by atoms with Gasteiger partial charge in [0.15, 0.2) is 0 Å². The number of halogens is 2. The highest BCUT2D eigenvalue weighted by atomic mass is 127. The Hall–Kier alpha value is 0.110. The lowest BCUT2D eigenvalue weighted by atomic mass is 10.0. The van der Waals surface area contributed by atoms with Gasteiger partial charge in [0.2, 0.25) is 10.0 Å². The van der Waals surface area contributed by atoms with Crippen LogP contribution in [0.2, 0.25) is 0 Å². The summed E-state index contributed by atoms with van der Waals surface area (Å²) in [6, 6.07) is 6.94. The highest BCUT2D eigenvalue weighted by Crippen LogP contribution is 2.17. The van der Waals surface area contributed by atoms with Crippen molar-refractivity contribution in [3.63, 3.8) is 0 Å². The van der Waals surface area contributed by atoms with Crippen LogP contribution in [0.5, 0.6) is 0 Å². The minimum absolute atomic E-state index is 0. The van der Waals surface area contributed by atoms with Gasteiger partial charge in [-0.25, -0.2) is 12.7 Å². The summed E-state index contributed by atoms with van der Waals surface area (Å²) in [6.45, 7) is 4.52. The normalized spacial score (nSPS) is 13.3. The third-order valence-corrected chi connectivity index (χ3v) is 5.66. The number of nitrogens with zero attached hydrogens (tertiary/aromatic N) is 1. The van der Waals surface area contributed by atoms with Gasteiger partial charge in [0.1, 0.15) is 0 Å². The summed E-state index contributed by atoms with van der Waals surface area (Å²) in [4.78, 5) is 0.333. The highest BCUT2D eigenvalue weighted by molar-refractivity contribution is 14.1. The molecule has 0 aliphatic carbocycles. The maximum Gasteiger partial charge on any atom is 0.242 e. The molecular weight excluding hydrogens is 411 g/mol. The topological polar surface area (TPSA) is 63.4 Å². The number of hydrogen-bond acceptors (Lipinski definition) is 3. The molecule has 0 heterocycles. The van der Waals surface area contributed by atoms with Gasteiger partial charge < -0.3 is 5.73 Å². The second-order valence-electron chi connectivity index (χ2n) is 4.98. The number of rotatable bonds is 6. The Morgan fingerprint density at radius 2 is 1.95 bits per heavy atom. The summed E-state index contributed by atoms with van der Waals surface area (Å²) in [5.74, 6) is 0.355. The number of hydrogen-bond donors (Lipinski definition) is 1. The predicted octanol–water partition coefficient (Wildman–Crippen LogP) is 2.71. The van der Waals surface area contributed by atoms with Gasteiger partial charge in [0, 0.05) is 23.2 Å². The maximum atomic E-state index is 12.3. The van der Waals surface area contributed by atoms with Gasteiger partial charge in [0.05, 0.1) is 4.90 Å². The first-order chi connectivity index (χ1) is 8.75. The lowest BCUT2D eigenvalue weighted by molar-refractivity contribution is 0.397. The fourth-order valence-electron chi connectivity index (χ4n) is 1.59. The minimum atomic E-state index is -3.41. The summed E-state index contributed by atoms with van der Waals surface area (Å²) >= 11 is 2.11. The maximum absolute atomic E-state index is 12.3. The molecule has 116 valence electrons. The zero-order valence-corrected chi connectivity index (χ0v) is 15.7. The number of sulfonamides is 1. The van der Waals surface area contributed by atoms with Gasteiger partial charge in [0.25, 0.3) is 0 Å². The molecule has 0 saturated heterocycles. The van der Waals surface area contributed by atoms with Gasteiger partial charge in [-0.3, -0.25) is 0 Å². The lowest BCUT2D eigenvalue weighted by Gasteiger charge is -2.21. The molecule has 0 amide bonds. The summed E-state index contributed by atoms with van der Waals surface area (Å²) in [5.41, 5.74) is 5.95. The molecule has 20 heavy (non-hydrogen) atoms. The molecule has 4 nitrogen and oxygen atoms in total. The summed E-state index contributed by atoms with van der Waals surface area (Å²) in [5, 5.41) is 0. The molecule has 0 aliphatic heterocycles. The first kappa shape index (κ1) is 20.1. The second kappa shape index (κ2) is 8.53. The van der Waals surface area contributed by atoms with Crippen LogP contribution < -0.4 is 5.73 Å². The molecule has 0 aliphatic rings. The van der Waals surface area contributed by atoms with Gasteiger partial charge >= 0.3 is 0 Å². The van der Waals surface area contributed by atoms with Crippen molar-refractivity contribution in [3.8, 4) is 0 Å². The van der Waals surface area contributed by atoms with Gasteiger partial charge in [-0.15, -0.1) is 12.4 Å². The summed E-state index contributed by atoms with van der Waals surface area (Å²) < 4.78 is 27.0. The van der Waals surface area contributed by atoms with Crippen LogP contribution in [0.25, 0.3) is 0 Å². The van der Waals surface area contributed by atoms with E-state index in [1.807, 2.05) is 19.9 Å². The average molecular weight is 433 g/mol. The van der Waals surface area contributed by atoms with Crippen LogP contribution in [0.4, 0.5) is 0 Å². The molecule has 1 atom stereocenters. The molecular formula is C13H22ClIN2O2S. The van der Waals surface area contributed by atoms with E-state index in [1.54, 1.807) is 25.2 Å². The van der Waals surface area contributed by atoms with Crippen LogP contribution in [-0.4, -0.2) is 32.4 Å². The van der Waals surface area contributed by atoms with E-state index in [9.17, 15) is 8.42 Å². The van der Waals surface area contributed by atoms with E-state index in [0.717, 1.165) is 3.57 Å². The van der Waals surface area contributed by atoms with Crippen LogP contribution in [0, 0.1) is 9.49 Å². The van der Waals surface area contributed by atoms with Crippen LogP contribution >= 0.6 is 35.0 Å². The largest absolute Gasteiger partial charge is 0.327 e. The van der Waals surface area contributed by atoms with E-state index in [2.05, 4.69) is 22.6 Å². The van der Waals surface area contributed by atoms with Gasteiger partial charge in [-0.1, -0.05) is 19.9 Å². The van der Waals surface area contributed by atoms with Crippen LogP contribution in [0.15, 0.2) is 29.2 Å². The second-order valence-corrected chi connectivity index (χ2v) is 8.27. The Bertz CT molecular complexity index is 523. The minimum Gasteiger partial charge on any atom is -0.327 e. The quantitative estimate of drug-likeness (QED) is 0.703. The SMILES string of the molecule is CC(C)C(N)CCN(C)S(=O)(=O)c1cccc(I)c1.Cl. The lowest BCUT2D eigenvalue weighted by Crippen LogP contribution is -2.34. The van der Waals surface area contributed by atoms with E-state index in [-0.39, 0.29) is 18.4 Å². The third-order valence-electron chi connectivity index (χ3n) is 3.14. The van der Waals surface area contributed by atoms with Crippen molar-refractivity contribution in [3.05, 3.63) is 27.8 Å². The Morgan fingerprint density at radius 3 is 2.45 bits per heavy atom. The van der Waals surface area contributed by atoms with Gasteiger partial charge in [-0.05, 0) is 53.1 Å². The number of benzene rings is 1. The average Bonchev–Trinajstić information content (AvgIpc) is 2.35. The molecule has 0 spiro atoms. The molecule has 1 aromatic rings. The van der Waals surface area contributed by atoms with Crippen LogP contribution in [-0.2, 0) is 10.0 Å². The third kappa shape index (κ3) is 5.48. The standard InChI is InChI=1S/C13H21IN2O2S.ClH/c1-10(2)13(15)7-8-16(3)19(17,18)12-6-4-5-11(14)9-12;/h4-6,9-10,13H,7-8,15H2,1-3H3;1H. The first-order valence-corrected chi connectivity index (χ1v) is 8.74. The fourth-order valence-corrected chi connectivity index (χ4v) is 3.58. The van der Waals surface area contributed by atoms with Crippen LogP contribution in [0.1, 0.15) is 20.3 Å². The number of nitrogens with two attached hydrogens (primary N) is 1. The Morgan fingerprint density at radius 1 is 1.35 bits per heavy atom. The smallest absolute Gasteiger partial charge is 0.242 e. The summed E-state index contributed by atoms with van der Waals surface area (Å²) in [6.07, 6.45) is 0.664. The summed E-state index contributed by atoms with van der Waals surface area (Å²) in [7, 11) is -1.81. The molecule has 1 rings (SSSR count). The predicted molar refractivity (Wildman–Crippen MR) is 93.7 cm³/mol. The Kier molecular flexibility index (Phi) is 8.57. The van der Waals surface area contributed by atoms with Crippen molar-refractivity contribution in [1.82, 2.24) is 4.31 Å². The Balaban J connectivity index is 0.00000361. The van der Waals surface area contributed by atoms with E-state index in [1.165, 1.54) is 4.31 Å². The van der Waals surface area contributed by atoms with E-state index in [4.69, 9.17) is 5.73 Å². The van der Waals surface area contributed by atoms with Crippen molar-refractivity contribution >= 4 is 45.0 Å². The van der Waals surface area contributed by atoms with Crippen molar-refractivity contribution in [2.45, 2.75) is 31.2 Å². The molecule has 7 heteroatoms. The van der Waals surface area contributed by atoms with Crippen molar-refractivity contribution in [2.24, 2.45) is 11.7 Å². The van der Waals surface area contributed by atoms with Gasteiger partial charge in [-0.2, -0.15) is 0 Å². The van der Waals surface area contributed by atoms with Crippen LogP contribution in [0.3, 0.4) is 0 Å². The van der Waals surface area contributed by atoms with Crippen molar-refractivity contribution < 1.29 is 8.42 Å². The Labute approximate surface area is 141 Å². The molecule has 1 unspecified atom stereocenters. The first-order valence-electron chi connectivity index (χ1n) is 6.22. The highest BCUT2D eigenvalue weighted by Gasteiger charge is 2.21. The zero-order chi connectivity index (χ0) is 14.6. The fraction of sp³-hybridized carbons (Fsp3) is 0.538. The van der Waals surface area contributed by atoms with Crippen molar-refractivity contribution in [2.75, 3.05) is 13.6 Å². The molecule has 0 fully saturated rings. The van der Waals surface area contributed by atoms with E-state index >= 15 is 0 Å².